The third-order valence-electron chi connectivity index (χ3n) is 3.99. The summed E-state index contributed by atoms with van der Waals surface area (Å²) in [6.45, 7) is 3.70. The van der Waals surface area contributed by atoms with E-state index in [2.05, 4.69) is 5.32 Å². The smallest absolute Gasteiger partial charge is 0.322 e. The van der Waals surface area contributed by atoms with Gasteiger partial charge in [0, 0.05) is 22.4 Å². The molecule has 3 rings (SSSR count). The summed E-state index contributed by atoms with van der Waals surface area (Å²) < 4.78 is 5.30. The van der Waals surface area contributed by atoms with Gasteiger partial charge in [-0.3, -0.25) is 20.2 Å². The molecule has 0 bridgehead atoms. The maximum absolute atomic E-state index is 11.4. The molecule has 1 aromatic heterocycles. The molecule has 2 aromatic rings. The van der Waals surface area contributed by atoms with E-state index in [-0.39, 0.29) is 11.1 Å². The van der Waals surface area contributed by atoms with Crippen LogP contribution in [-0.4, -0.2) is 26.8 Å². The molecule has 9 heteroatoms. The zero-order chi connectivity index (χ0) is 18.4. The Hall–Kier alpha value is -2.03. The Balaban J connectivity index is 1.90. The number of thioether (sulfide) groups is 1. The molecule has 132 valence electrons. The van der Waals surface area contributed by atoms with Gasteiger partial charge in [0.25, 0.3) is 5.69 Å². The number of carboxylic acids is 1. The number of non-ortho nitro benzene ring substituents is 1. The average molecular weight is 383 g/mol. The predicted molar refractivity (Wildman–Crippen MR) is 94.8 cm³/mol. The molecule has 0 amide bonds. The number of nitro benzene ring substituents is 1. The van der Waals surface area contributed by atoms with Crippen LogP contribution in [0.25, 0.3) is 11.3 Å². The maximum atomic E-state index is 11.4. The van der Waals surface area contributed by atoms with E-state index in [0.717, 1.165) is 0 Å². The first-order valence-electron chi connectivity index (χ1n) is 7.40. The zero-order valence-corrected chi connectivity index (χ0v) is 14.9. The monoisotopic (exact) mass is 382 g/mol. The van der Waals surface area contributed by atoms with Gasteiger partial charge in [-0.1, -0.05) is 11.6 Å². The van der Waals surface area contributed by atoms with Crippen molar-refractivity contribution in [3.63, 3.8) is 0 Å². The predicted octanol–water partition coefficient (Wildman–Crippen LogP) is 4.08. The number of nitrogens with one attached hydrogen (secondary N) is 1. The lowest BCUT2D eigenvalue weighted by atomic mass is 10.0. The Morgan fingerprint density at radius 3 is 2.72 bits per heavy atom. The minimum atomic E-state index is -0.923. The summed E-state index contributed by atoms with van der Waals surface area (Å²) in [5.74, 6) is 0.00980. The number of hydrogen-bond donors (Lipinski definition) is 2. The van der Waals surface area contributed by atoms with E-state index in [1.807, 2.05) is 13.8 Å². The van der Waals surface area contributed by atoms with E-state index in [9.17, 15) is 20.0 Å². The third kappa shape index (κ3) is 3.37. The second-order valence-electron chi connectivity index (χ2n) is 6.16. The number of carboxylic acid groups (broad SMARTS) is 1. The fraction of sp³-hybridized carbons (Fsp3) is 0.312. The van der Waals surface area contributed by atoms with Crippen LogP contribution in [0.1, 0.15) is 25.0 Å². The molecular formula is C16H15ClN2O5S. The number of carbonyl (C=O) groups is 1. The molecule has 1 aromatic carbocycles. The molecule has 0 radical (unpaired) electrons. The normalized spacial score (nSPS) is 22.0. The topological polar surface area (TPSA) is 106 Å². The molecule has 2 unspecified atom stereocenters. The highest BCUT2D eigenvalue weighted by atomic mass is 35.5. The summed E-state index contributed by atoms with van der Waals surface area (Å²) in [6, 6.07) is 6.80. The summed E-state index contributed by atoms with van der Waals surface area (Å²) in [5, 5.41) is 23.3. The average Bonchev–Trinajstić information content (AvgIpc) is 3.11. The highest BCUT2D eigenvalue weighted by Gasteiger charge is 2.46. The molecule has 7 nitrogen and oxygen atoms in total. The molecule has 1 aliphatic heterocycles. The van der Waals surface area contributed by atoms with E-state index >= 15 is 0 Å². The van der Waals surface area contributed by atoms with Crippen LogP contribution in [0.15, 0.2) is 34.7 Å². The largest absolute Gasteiger partial charge is 0.480 e. The first-order chi connectivity index (χ1) is 11.7. The van der Waals surface area contributed by atoms with Gasteiger partial charge in [0.1, 0.15) is 22.9 Å². The fourth-order valence-corrected chi connectivity index (χ4v) is 4.29. The van der Waals surface area contributed by atoms with Crippen molar-refractivity contribution in [2.24, 2.45) is 0 Å². The van der Waals surface area contributed by atoms with Gasteiger partial charge in [-0.25, -0.2) is 0 Å². The summed E-state index contributed by atoms with van der Waals surface area (Å²) in [7, 11) is 0. The second kappa shape index (κ2) is 6.36. The van der Waals surface area contributed by atoms with E-state index in [4.69, 9.17) is 16.0 Å². The number of nitro groups is 1. The van der Waals surface area contributed by atoms with Crippen molar-refractivity contribution in [3.05, 3.63) is 51.2 Å². The molecule has 1 fully saturated rings. The first kappa shape index (κ1) is 17.8. The van der Waals surface area contributed by atoms with Gasteiger partial charge in [-0.05, 0) is 32.0 Å². The van der Waals surface area contributed by atoms with E-state index in [1.165, 1.54) is 30.0 Å². The standard InChI is InChI=1S/C16H15ClN2O5S/c1-16(2)13(15(20)21)18-14(25-16)12-6-5-11(24-12)9-7-8(19(22)23)3-4-10(9)17/h3-7,13-14,18H,1-2H3,(H,20,21). The van der Waals surface area contributed by atoms with Crippen LogP contribution in [0.4, 0.5) is 5.69 Å². The lowest BCUT2D eigenvalue weighted by Gasteiger charge is -2.20. The van der Waals surface area contributed by atoms with Crippen LogP contribution in [0.5, 0.6) is 0 Å². The van der Waals surface area contributed by atoms with Gasteiger partial charge >= 0.3 is 5.97 Å². The van der Waals surface area contributed by atoms with E-state index < -0.39 is 21.7 Å². The minimum Gasteiger partial charge on any atom is -0.480 e. The van der Waals surface area contributed by atoms with Crippen molar-refractivity contribution in [2.45, 2.75) is 30.0 Å². The Kier molecular flexibility index (Phi) is 4.52. The second-order valence-corrected chi connectivity index (χ2v) is 8.33. The molecule has 2 N–H and O–H groups in total. The number of aliphatic carboxylic acids is 1. The molecular weight excluding hydrogens is 368 g/mol. The Morgan fingerprint density at radius 2 is 2.12 bits per heavy atom. The van der Waals surface area contributed by atoms with Gasteiger partial charge in [-0.15, -0.1) is 11.8 Å². The highest BCUT2D eigenvalue weighted by Crippen LogP contribution is 2.47. The van der Waals surface area contributed by atoms with Crippen molar-refractivity contribution >= 4 is 35.0 Å². The number of halogens is 1. The number of hydrogen-bond acceptors (Lipinski definition) is 6. The van der Waals surface area contributed by atoms with Gasteiger partial charge in [-0.2, -0.15) is 0 Å². The Labute approximate surface area is 152 Å². The number of nitrogens with zero attached hydrogens (tertiary/aromatic N) is 1. The maximum Gasteiger partial charge on any atom is 0.322 e. The number of rotatable bonds is 4. The molecule has 25 heavy (non-hydrogen) atoms. The van der Waals surface area contributed by atoms with E-state index in [1.54, 1.807) is 12.1 Å². The fourth-order valence-electron chi connectivity index (χ4n) is 2.72. The molecule has 2 heterocycles. The van der Waals surface area contributed by atoms with Gasteiger partial charge in [0.15, 0.2) is 0 Å². The van der Waals surface area contributed by atoms with Gasteiger partial charge < -0.3 is 9.52 Å². The number of benzene rings is 1. The zero-order valence-electron chi connectivity index (χ0n) is 13.4. The molecule has 1 aliphatic rings. The van der Waals surface area contributed by atoms with Crippen molar-refractivity contribution in [1.82, 2.24) is 5.32 Å². The van der Waals surface area contributed by atoms with E-state index in [0.29, 0.717) is 22.1 Å². The van der Waals surface area contributed by atoms with Crippen molar-refractivity contribution in [3.8, 4) is 11.3 Å². The van der Waals surface area contributed by atoms with Crippen LogP contribution in [-0.2, 0) is 4.79 Å². The van der Waals surface area contributed by atoms with Gasteiger partial charge in [0.2, 0.25) is 0 Å². The highest BCUT2D eigenvalue weighted by molar-refractivity contribution is 8.01. The van der Waals surface area contributed by atoms with Crippen LogP contribution >= 0.6 is 23.4 Å². The lowest BCUT2D eigenvalue weighted by Crippen LogP contribution is -2.43. The third-order valence-corrected chi connectivity index (χ3v) is 5.77. The van der Waals surface area contributed by atoms with Crippen molar-refractivity contribution < 1.29 is 19.2 Å². The molecule has 0 spiro atoms. The molecule has 1 saturated heterocycles. The molecule has 0 aliphatic carbocycles. The SMILES string of the molecule is CC1(C)SC(c2ccc(-c3cc([N+](=O)[O-])ccc3Cl)o2)NC1C(=O)O. The number of furan rings is 1. The van der Waals surface area contributed by atoms with Crippen molar-refractivity contribution in [1.29, 1.82) is 0 Å². The summed E-state index contributed by atoms with van der Waals surface area (Å²) in [6.07, 6.45) is 0. The van der Waals surface area contributed by atoms with Crippen LogP contribution in [0, 0.1) is 10.1 Å². The molecule has 0 saturated carbocycles. The Morgan fingerprint density at radius 1 is 1.40 bits per heavy atom. The van der Waals surface area contributed by atoms with Crippen LogP contribution in [0.2, 0.25) is 5.02 Å². The Bertz CT molecular complexity index is 851. The summed E-state index contributed by atoms with van der Waals surface area (Å²) in [5.41, 5.74) is 0.331. The van der Waals surface area contributed by atoms with Crippen molar-refractivity contribution in [2.75, 3.05) is 0 Å². The van der Waals surface area contributed by atoms with Gasteiger partial charge in [0.05, 0.1) is 9.95 Å². The lowest BCUT2D eigenvalue weighted by molar-refractivity contribution is -0.384. The van der Waals surface area contributed by atoms with Crippen LogP contribution < -0.4 is 5.32 Å². The molecule has 2 atom stereocenters. The first-order valence-corrected chi connectivity index (χ1v) is 8.65. The quantitative estimate of drug-likeness (QED) is 0.606. The summed E-state index contributed by atoms with van der Waals surface area (Å²) >= 11 is 7.58. The minimum absolute atomic E-state index is 0.0854. The van der Waals surface area contributed by atoms with Crippen LogP contribution in [0.3, 0.4) is 0 Å². The summed E-state index contributed by atoms with van der Waals surface area (Å²) in [4.78, 5) is 21.8.